The number of hydrogen-bond donors (Lipinski definition) is 3. The van der Waals surface area contributed by atoms with Crippen LogP contribution in [-0.2, 0) is 14.3 Å². The van der Waals surface area contributed by atoms with Crippen LogP contribution < -0.4 is 0 Å². The fourth-order valence-corrected chi connectivity index (χ4v) is 4.38. The van der Waals surface area contributed by atoms with E-state index >= 15 is 0 Å². The van der Waals surface area contributed by atoms with Gasteiger partial charge in [-0.05, 0) is 57.3 Å². The number of aliphatic hydroxyl groups is 2. The van der Waals surface area contributed by atoms with Gasteiger partial charge in [-0.3, -0.25) is 4.79 Å². The summed E-state index contributed by atoms with van der Waals surface area (Å²) in [5.41, 5.74) is 0. The highest BCUT2D eigenvalue weighted by molar-refractivity contribution is 5.84. The van der Waals surface area contributed by atoms with Gasteiger partial charge >= 0.3 is 5.97 Å². The number of ether oxygens (including phenoxy) is 1. The van der Waals surface area contributed by atoms with E-state index in [4.69, 9.17) is 14.9 Å². The van der Waals surface area contributed by atoms with Crippen molar-refractivity contribution in [3.63, 3.8) is 0 Å². The number of Topliss-reactive ketones (excluding diaryl/α,β-unsaturated/α-hetero) is 1. The van der Waals surface area contributed by atoms with Gasteiger partial charge in [0.25, 0.3) is 0 Å². The Labute approximate surface area is 181 Å². The number of rotatable bonds is 18. The number of unbranched alkanes of at least 4 members (excludes halogenated alkanes) is 4. The summed E-state index contributed by atoms with van der Waals surface area (Å²) in [4.78, 5) is 23.2. The van der Waals surface area contributed by atoms with Crippen molar-refractivity contribution in [2.24, 2.45) is 11.8 Å². The SMILES string of the molecule is CCCCC(O)CCC[C@H]1[C@H](OCCCCO)CC(=O)[C@@H]1CCCC/C=C/C(=O)O. The number of carbonyl (C=O) groups is 2. The van der Waals surface area contributed by atoms with E-state index in [-0.39, 0.29) is 36.4 Å². The summed E-state index contributed by atoms with van der Waals surface area (Å²) in [5.74, 6) is -0.452. The highest BCUT2D eigenvalue weighted by Gasteiger charge is 2.41. The third-order valence-electron chi connectivity index (χ3n) is 6.06. The molecule has 0 saturated heterocycles. The summed E-state index contributed by atoms with van der Waals surface area (Å²) < 4.78 is 6.04. The Morgan fingerprint density at radius 1 is 1.13 bits per heavy atom. The number of aliphatic hydroxyl groups excluding tert-OH is 2. The topological polar surface area (TPSA) is 104 Å². The Balaban J connectivity index is 2.53. The molecule has 1 rings (SSSR count). The molecule has 0 spiro atoms. The van der Waals surface area contributed by atoms with Crippen LogP contribution in [0.3, 0.4) is 0 Å². The normalized spacial score (nSPS) is 22.8. The summed E-state index contributed by atoms with van der Waals surface area (Å²) in [6.07, 6.45) is 13.3. The van der Waals surface area contributed by atoms with E-state index in [1.165, 1.54) is 6.08 Å². The second-order valence-electron chi connectivity index (χ2n) is 8.53. The third-order valence-corrected chi connectivity index (χ3v) is 6.06. The van der Waals surface area contributed by atoms with Crippen molar-refractivity contribution in [3.05, 3.63) is 12.2 Å². The number of aliphatic carboxylic acids is 1. The molecule has 1 fully saturated rings. The fourth-order valence-electron chi connectivity index (χ4n) is 4.38. The molecular formula is C24H42O6. The smallest absolute Gasteiger partial charge is 0.327 e. The molecule has 174 valence electrons. The number of hydrogen-bond acceptors (Lipinski definition) is 5. The highest BCUT2D eigenvalue weighted by atomic mass is 16.5. The quantitative estimate of drug-likeness (QED) is 0.223. The van der Waals surface area contributed by atoms with Crippen LogP contribution >= 0.6 is 0 Å². The molecule has 6 nitrogen and oxygen atoms in total. The Hall–Kier alpha value is -1.24. The number of carboxylic acids is 1. The van der Waals surface area contributed by atoms with E-state index in [2.05, 4.69) is 6.92 Å². The molecule has 0 radical (unpaired) electrons. The molecule has 1 aliphatic rings. The highest BCUT2D eigenvalue weighted by Crippen LogP contribution is 2.38. The van der Waals surface area contributed by atoms with Crippen LogP contribution in [-0.4, -0.2) is 52.5 Å². The average Bonchev–Trinajstić information content (AvgIpc) is 3.00. The maximum absolute atomic E-state index is 12.7. The first-order valence-electron chi connectivity index (χ1n) is 11.8. The molecule has 0 aromatic carbocycles. The molecule has 0 aromatic heterocycles. The zero-order chi connectivity index (χ0) is 22.2. The van der Waals surface area contributed by atoms with Crippen molar-refractivity contribution >= 4 is 11.8 Å². The predicted octanol–water partition coefficient (Wildman–Crippen LogP) is 4.27. The number of ketones is 1. The Morgan fingerprint density at radius 3 is 2.60 bits per heavy atom. The lowest BCUT2D eigenvalue weighted by Crippen LogP contribution is -2.24. The van der Waals surface area contributed by atoms with Gasteiger partial charge in [0, 0.05) is 31.6 Å². The van der Waals surface area contributed by atoms with E-state index in [1.54, 1.807) is 6.08 Å². The Bertz CT molecular complexity index is 504. The van der Waals surface area contributed by atoms with Crippen molar-refractivity contribution in [3.8, 4) is 0 Å². The molecule has 3 N–H and O–H groups in total. The minimum absolute atomic E-state index is 0.00378. The van der Waals surface area contributed by atoms with E-state index in [9.17, 15) is 14.7 Å². The van der Waals surface area contributed by atoms with Crippen LogP contribution in [0.5, 0.6) is 0 Å². The molecule has 0 aliphatic heterocycles. The Kier molecular flexibility index (Phi) is 14.7. The summed E-state index contributed by atoms with van der Waals surface area (Å²) in [7, 11) is 0. The zero-order valence-corrected chi connectivity index (χ0v) is 18.6. The van der Waals surface area contributed by atoms with Crippen molar-refractivity contribution in [1.82, 2.24) is 0 Å². The first-order chi connectivity index (χ1) is 14.5. The predicted molar refractivity (Wildman–Crippen MR) is 117 cm³/mol. The first-order valence-corrected chi connectivity index (χ1v) is 11.8. The lowest BCUT2D eigenvalue weighted by atomic mass is 9.85. The number of allylic oxidation sites excluding steroid dienone is 1. The number of carboxylic acid groups (broad SMARTS) is 1. The second-order valence-corrected chi connectivity index (χ2v) is 8.53. The van der Waals surface area contributed by atoms with Crippen molar-refractivity contribution in [2.75, 3.05) is 13.2 Å². The fraction of sp³-hybridized carbons (Fsp3) is 0.833. The van der Waals surface area contributed by atoms with Gasteiger partial charge in [0.15, 0.2) is 0 Å². The van der Waals surface area contributed by atoms with Crippen molar-refractivity contribution < 1.29 is 29.6 Å². The van der Waals surface area contributed by atoms with Gasteiger partial charge in [0.2, 0.25) is 0 Å². The van der Waals surface area contributed by atoms with E-state index in [1.807, 2.05) is 0 Å². The second kappa shape index (κ2) is 16.5. The summed E-state index contributed by atoms with van der Waals surface area (Å²) in [6, 6.07) is 0. The number of carbonyl (C=O) groups excluding carboxylic acids is 1. The van der Waals surface area contributed by atoms with Crippen LogP contribution in [0.1, 0.15) is 90.4 Å². The summed E-state index contributed by atoms with van der Waals surface area (Å²) in [6.45, 7) is 2.85. The van der Waals surface area contributed by atoms with Crippen molar-refractivity contribution in [1.29, 1.82) is 0 Å². The van der Waals surface area contributed by atoms with Gasteiger partial charge in [0.05, 0.1) is 12.2 Å². The van der Waals surface area contributed by atoms with Gasteiger partial charge < -0.3 is 20.1 Å². The molecule has 0 bridgehead atoms. The monoisotopic (exact) mass is 426 g/mol. The van der Waals surface area contributed by atoms with Gasteiger partial charge in [0.1, 0.15) is 5.78 Å². The molecule has 0 heterocycles. The van der Waals surface area contributed by atoms with Crippen LogP contribution in [0.25, 0.3) is 0 Å². The summed E-state index contributed by atoms with van der Waals surface area (Å²) in [5, 5.41) is 27.7. The maximum atomic E-state index is 12.7. The Morgan fingerprint density at radius 2 is 1.90 bits per heavy atom. The van der Waals surface area contributed by atoms with E-state index in [0.29, 0.717) is 25.9 Å². The molecular weight excluding hydrogens is 384 g/mol. The molecule has 30 heavy (non-hydrogen) atoms. The van der Waals surface area contributed by atoms with Crippen LogP contribution in [0, 0.1) is 11.8 Å². The molecule has 1 saturated carbocycles. The standard InChI is InChI=1S/C24H42O6/c1-2-3-11-19(26)12-10-14-21-20(13-6-4-5-7-15-24(28)29)22(27)18-23(21)30-17-9-8-16-25/h7,15,19-21,23,25-26H,2-6,8-14,16-18H2,1H3,(H,28,29)/b15-7+/t19?,20-,21-,23-/m1/s1. The van der Waals surface area contributed by atoms with Gasteiger partial charge in [-0.1, -0.05) is 38.7 Å². The van der Waals surface area contributed by atoms with Gasteiger partial charge in [-0.2, -0.15) is 0 Å². The van der Waals surface area contributed by atoms with Crippen LogP contribution in [0.15, 0.2) is 12.2 Å². The van der Waals surface area contributed by atoms with Crippen LogP contribution in [0.4, 0.5) is 0 Å². The minimum Gasteiger partial charge on any atom is -0.478 e. The lowest BCUT2D eigenvalue weighted by Gasteiger charge is -2.25. The molecule has 0 amide bonds. The van der Waals surface area contributed by atoms with E-state index < -0.39 is 5.97 Å². The molecule has 1 aliphatic carbocycles. The van der Waals surface area contributed by atoms with Crippen molar-refractivity contribution in [2.45, 2.75) is 103 Å². The maximum Gasteiger partial charge on any atom is 0.327 e. The average molecular weight is 427 g/mol. The van der Waals surface area contributed by atoms with E-state index in [0.717, 1.165) is 64.2 Å². The first kappa shape index (κ1) is 26.8. The van der Waals surface area contributed by atoms with Gasteiger partial charge in [-0.25, -0.2) is 4.79 Å². The molecule has 6 heteroatoms. The third kappa shape index (κ3) is 11.2. The minimum atomic E-state index is -0.927. The molecule has 1 unspecified atom stereocenters. The molecule has 0 aromatic rings. The largest absolute Gasteiger partial charge is 0.478 e. The summed E-state index contributed by atoms with van der Waals surface area (Å²) >= 11 is 0. The zero-order valence-electron chi connectivity index (χ0n) is 18.6. The van der Waals surface area contributed by atoms with Crippen LogP contribution in [0.2, 0.25) is 0 Å². The lowest BCUT2D eigenvalue weighted by molar-refractivity contribution is -0.131. The van der Waals surface area contributed by atoms with Gasteiger partial charge in [-0.15, -0.1) is 0 Å². The molecule has 4 atom stereocenters.